The second-order valence-electron chi connectivity index (χ2n) is 10.1. The molecule has 45 heavy (non-hydrogen) atoms. The highest BCUT2D eigenvalue weighted by Crippen LogP contribution is 2.35. The summed E-state index contributed by atoms with van der Waals surface area (Å²) in [5.74, 6) is 0.631. The van der Waals surface area contributed by atoms with Crippen LogP contribution in [0.2, 0.25) is 0 Å². The fraction of sp³-hybridized carbons (Fsp3) is 0.333. The zero-order valence-electron chi connectivity index (χ0n) is 24.6. The Bertz CT molecular complexity index is 1770. The van der Waals surface area contributed by atoms with Gasteiger partial charge in [-0.3, -0.25) is 4.98 Å². The van der Waals surface area contributed by atoms with E-state index < -0.39 is 17.5 Å². The van der Waals surface area contributed by atoms with Gasteiger partial charge in [-0.15, -0.1) is 9.78 Å². The predicted octanol–water partition coefficient (Wildman–Crippen LogP) is 3.98. The van der Waals surface area contributed by atoms with Crippen LogP contribution in [-0.2, 0) is 9.47 Å². The summed E-state index contributed by atoms with van der Waals surface area (Å²) >= 11 is 0. The number of aryl methyl sites for hydroxylation is 1. The fourth-order valence-electron chi connectivity index (χ4n) is 4.80. The first-order chi connectivity index (χ1) is 22.0. The van der Waals surface area contributed by atoms with Gasteiger partial charge in [0.05, 0.1) is 13.7 Å². The highest BCUT2D eigenvalue weighted by Gasteiger charge is 2.27. The maximum Gasteiger partial charge on any atom is 0.350 e. The summed E-state index contributed by atoms with van der Waals surface area (Å²) in [4.78, 5) is 28.1. The van der Waals surface area contributed by atoms with Gasteiger partial charge in [0, 0.05) is 48.8 Å². The number of nitrogens with one attached hydrogen (secondary N) is 2. The molecule has 1 saturated heterocycles. The largest absolute Gasteiger partial charge is 0.497 e. The van der Waals surface area contributed by atoms with Crippen LogP contribution in [0.5, 0.6) is 11.5 Å². The van der Waals surface area contributed by atoms with E-state index in [0.29, 0.717) is 29.8 Å². The lowest BCUT2D eigenvalue weighted by atomic mass is 10.0. The van der Waals surface area contributed by atoms with Gasteiger partial charge < -0.3 is 28.8 Å². The molecule has 1 aliphatic heterocycles. The molecule has 3 aromatic heterocycles. The maximum absolute atomic E-state index is 16.3. The van der Waals surface area contributed by atoms with E-state index in [0.717, 1.165) is 29.5 Å². The summed E-state index contributed by atoms with van der Waals surface area (Å²) in [5, 5.41) is 11.6. The van der Waals surface area contributed by atoms with Crippen LogP contribution in [0.4, 0.5) is 10.1 Å². The number of halogens is 1. The number of hydrogen-bond acceptors (Lipinski definition) is 12. The average molecular weight is 619 g/mol. The monoisotopic (exact) mass is 618 g/mol. The molecule has 0 bridgehead atoms. The van der Waals surface area contributed by atoms with Crippen LogP contribution < -0.4 is 20.5 Å². The first-order valence-electron chi connectivity index (χ1n) is 14.4. The van der Waals surface area contributed by atoms with Crippen LogP contribution in [0.25, 0.3) is 17.3 Å². The van der Waals surface area contributed by atoms with Gasteiger partial charge in [-0.25, -0.2) is 19.2 Å². The Hall–Kier alpha value is -5.15. The van der Waals surface area contributed by atoms with E-state index in [1.54, 1.807) is 37.3 Å². The minimum absolute atomic E-state index is 0.0553. The van der Waals surface area contributed by atoms with E-state index in [9.17, 15) is 4.79 Å². The summed E-state index contributed by atoms with van der Waals surface area (Å²) in [5.41, 5.74) is 0.805. The van der Waals surface area contributed by atoms with Gasteiger partial charge in [-0.2, -0.15) is 4.98 Å². The summed E-state index contributed by atoms with van der Waals surface area (Å²) in [7, 11) is 1.47. The number of methoxy groups -OCH3 is 1. The van der Waals surface area contributed by atoms with Crippen molar-refractivity contribution in [2.45, 2.75) is 38.5 Å². The smallest absolute Gasteiger partial charge is 0.350 e. The second-order valence-corrected chi connectivity index (χ2v) is 10.1. The molecule has 4 heterocycles. The topological polar surface area (TPSA) is 164 Å². The minimum Gasteiger partial charge on any atom is -0.497 e. The third-order valence-electron chi connectivity index (χ3n) is 7.00. The van der Waals surface area contributed by atoms with Crippen molar-refractivity contribution in [3.63, 3.8) is 0 Å². The highest BCUT2D eigenvalue weighted by molar-refractivity contribution is 5.60. The molecule has 14 nitrogen and oxygen atoms in total. The van der Waals surface area contributed by atoms with Gasteiger partial charge in [-0.05, 0) is 55.7 Å². The van der Waals surface area contributed by atoms with Crippen LogP contribution in [0.15, 0.2) is 64.2 Å². The van der Waals surface area contributed by atoms with E-state index in [4.69, 9.17) is 23.5 Å². The van der Waals surface area contributed by atoms with Crippen molar-refractivity contribution in [3.05, 3.63) is 88.4 Å². The van der Waals surface area contributed by atoms with E-state index in [1.165, 1.54) is 31.6 Å². The Balaban J connectivity index is 1.32. The molecular formula is C30H31FN8O6. The number of rotatable bonds is 12. The average Bonchev–Trinajstić information content (AvgIpc) is 3.69. The normalized spacial score (nSPS) is 15.5. The molecule has 2 unspecified atom stereocenters. The Morgan fingerprint density at radius 1 is 1.16 bits per heavy atom. The summed E-state index contributed by atoms with van der Waals surface area (Å²) < 4.78 is 45.0. The van der Waals surface area contributed by atoms with Gasteiger partial charge in [0.15, 0.2) is 23.7 Å². The maximum atomic E-state index is 16.3. The van der Waals surface area contributed by atoms with Gasteiger partial charge in [0.1, 0.15) is 18.4 Å². The van der Waals surface area contributed by atoms with E-state index >= 15 is 4.39 Å². The summed E-state index contributed by atoms with van der Waals surface area (Å²) in [6.45, 7) is 2.65. The molecule has 15 heteroatoms. The number of nitrogens with zero attached hydrogens (tertiary/aromatic N) is 6. The van der Waals surface area contributed by atoms with Crippen LogP contribution in [-0.4, -0.2) is 68.1 Å². The first kappa shape index (κ1) is 29.9. The van der Waals surface area contributed by atoms with Crippen molar-refractivity contribution in [1.29, 1.82) is 0 Å². The van der Waals surface area contributed by atoms with Crippen molar-refractivity contribution in [1.82, 2.24) is 34.9 Å². The zero-order valence-corrected chi connectivity index (χ0v) is 24.6. The van der Waals surface area contributed by atoms with Crippen molar-refractivity contribution >= 4 is 5.69 Å². The molecule has 0 radical (unpaired) electrons. The lowest BCUT2D eigenvalue weighted by Crippen LogP contribution is -2.24. The van der Waals surface area contributed by atoms with Crippen LogP contribution in [0.1, 0.15) is 42.6 Å². The number of aromatic amines is 1. The fourth-order valence-corrected chi connectivity index (χ4v) is 4.80. The number of anilines is 1. The van der Waals surface area contributed by atoms with Crippen LogP contribution in [0, 0.1) is 12.7 Å². The molecule has 0 aliphatic carbocycles. The number of hydrogen-bond donors (Lipinski definition) is 2. The molecule has 1 fully saturated rings. The molecule has 0 spiro atoms. The van der Waals surface area contributed by atoms with Crippen molar-refractivity contribution in [2.75, 3.05) is 32.2 Å². The zero-order chi connectivity index (χ0) is 31.2. The molecule has 0 saturated carbocycles. The molecule has 2 atom stereocenters. The van der Waals surface area contributed by atoms with Crippen LogP contribution >= 0.6 is 0 Å². The quantitative estimate of drug-likeness (QED) is 0.194. The highest BCUT2D eigenvalue weighted by atomic mass is 19.1. The lowest BCUT2D eigenvalue weighted by molar-refractivity contribution is -0.165. The second kappa shape index (κ2) is 13.7. The van der Waals surface area contributed by atoms with E-state index in [-0.39, 0.29) is 42.6 Å². The third-order valence-corrected chi connectivity index (χ3v) is 7.00. The Morgan fingerprint density at radius 3 is 2.69 bits per heavy atom. The molecule has 2 aromatic carbocycles. The summed E-state index contributed by atoms with van der Waals surface area (Å²) in [6, 6.07) is 10.7. The molecule has 5 aromatic rings. The molecule has 6 rings (SSSR count). The van der Waals surface area contributed by atoms with Crippen molar-refractivity contribution in [3.8, 4) is 28.8 Å². The molecule has 0 amide bonds. The van der Waals surface area contributed by atoms with Crippen molar-refractivity contribution < 1.29 is 27.9 Å². The van der Waals surface area contributed by atoms with Gasteiger partial charge >= 0.3 is 5.69 Å². The minimum atomic E-state index is -1.01. The first-order valence-corrected chi connectivity index (χ1v) is 14.4. The Kier molecular flexibility index (Phi) is 9.07. The SMILES string of the molecule is COc1cc(OCCOC2CCCCO2)c(F)c(C(Nc2ccc(-c3noc(C)n3)cc2)c2nn(-c3ncccn3)c(=O)[nH]2)c1. The lowest BCUT2D eigenvalue weighted by Gasteiger charge is -2.23. The van der Waals surface area contributed by atoms with Crippen LogP contribution in [0.3, 0.4) is 0 Å². The Labute approximate surface area is 256 Å². The summed E-state index contributed by atoms with van der Waals surface area (Å²) in [6.07, 6.45) is 5.52. The number of H-pyrrole nitrogens is 1. The number of benzene rings is 2. The third kappa shape index (κ3) is 6.99. The predicted molar refractivity (Wildman–Crippen MR) is 158 cm³/mol. The van der Waals surface area contributed by atoms with E-state index in [2.05, 4.69) is 35.5 Å². The number of ether oxygens (including phenoxy) is 4. The van der Waals surface area contributed by atoms with Crippen molar-refractivity contribution in [2.24, 2.45) is 0 Å². The molecular weight excluding hydrogens is 587 g/mol. The standard InChI is InChI=1S/C30H31FN8O6/c1-18-34-27(38-45-18)19-7-9-20(10-8-19)35-26(28-36-30(40)39(37-28)29-32-11-5-12-33-29)22-16-21(41-2)17-23(25(22)31)42-14-15-44-24-6-3-4-13-43-24/h5,7-12,16-17,24,26,35H,3-4,6,13-15H2,1-2H3,(H,36,37,40). The van der Waals surface area contributed by atoms with Gasteiger partial charge in [0.25, 0.3) is 5.95 Å². The molecule has 1 aliphatic rings. The van der Waals surface area contributed by atoms with E-state index in [1.807, 2.05) is 0 Å². The van der Waals surface area contributed by atoms with Gasteiger partial charge in [-0.1, -0.05) is 5.16 Å². The Morgan fingerprint density at radius 2 is 1.98 bits per heavy atom. The number of aromatic nitrogens is 7. The van der Waals surface area contributed by atoms with Gasteiger partial charge in [0.2, 0.25) is 11.7 Å². The molecule has 2 N–H and O–H groups in total. The molecule has 234 valence electrons.